The number of carbonyl (C=O) groups is 1. The molecule has 0 aromatic carbocycles. The van der Waals surface area contributed by atoms with Crippen molar-refractivity contribution < 1.29 is 4.79 Å². The Hall–Kier alpha value is -0.590. The Bertz CT molecular complexity index is 431. The fourth-order valence-corrected chi connectivity index (χ4v) is 4.76. The summed E-state index contributed by atoms with van der Waals surface area (Å²) in [4.78, 5) is 17.8. The summed E-state index contributed by atoms with van der Waals surface area (Å²) in [5, 5.41) is 7.09. The van der Waals surface area contributed by atoms with Gasteiger partial charge in [0.2, 0.25) is 5.91 Å². The Morgan fingerprint density at radius 3 is 3.05 bits per heavy atom. The highest BCUT2D eigenvalue weighted by Crippen LogP contribution is 2.28. The molecule has 0 unspecified atom stereocenters. The first-order valence-electron chi connectivity index (χ1n) is 6.88. The Morgan fingerprint density at radius 2 is 2.26 bits per heavy atom. The predicted molar refractivity (Wildman–Crippen MR) is 80.8 cm³/mol. The molecule has 6 heteroatoms. The van der Waals surface area contributed by atoms with Crippen molar-refractivity contribution in [3.05, 3.63) is 10.6 Å². The minimum atomic E-state index is 0.135. The number of carbonyl (C=O) groups excluding carboxylic acids is 1. The third-order valence-corrected chi connectivity index (χ3v) is 5.73. The number of thiazole rings is 1. The van der Waals surface area contributed by atoms with Crippen molar-refractivity contribution in [2.45, 2.75) is 32.2 Å². The largest absolute Gasteiger partial charge is 0.311 e. The van der Waals surface area contributed by atoms with Crippen molar-refractivity contribution in [1.29, 1.82) is 0 Å². The van der Waals surface area contributed by atoms with Gasteiger partial charge in [-0.05, 0) is 30.3 Å². The maximum absolute atomic E-state index is 12.0. The normalized spacial score (nSPS) is 20.0. The maximum atomic E-state index is 12.0. The van der Waals surface area contributed by atoms with E-state index in [-0.39, 0.29) is 5.91 Å². The van der Waals surface area contributed by atoms with Gasteiger partial charge in [-0.15, -0.1) is 11.3 Å². The number of hydrogen-bond donors (Lipinski definition) is 2. The van der Waals surface area contributed by atoms with E-state index in [0.29, 0.717) is 12.3 Å². The molecule has 0 atom stereocenters. The summed E-state index contributed by atoms with van der Waals surface area (Å²) in [6.45, 7) is 1.88. The molecule has 2 N–H and O–H groups in total. The highest BCUT2D eigenvalue weighted by Gasteiger charge is 2.19. The number of nitrogens with one attached hydrogen (secondary N) is 2. The molecule has 2 aliphatic heterocycles. The van der Waals surface area contributed by atoms with Crippen LogP contribution in [0.2, 0.25) is 0 Å². The average molecular weight is 297 g/mol. The smallest absolute Gasteiger partial charge is 0.226 e. The molecule has 3 rings (SSSR count). The molecular formula is C13H19N3OS2. The van der Waals surface area contributed by atoms with E-state index >= 15 is 0 Å². The van der Waals surface area contributed by atoms with Gasteiger partial charge in [0.15, 0.2) is 5.13 Å². The Balaban J connectivity index is 1.55. The number of anilines is 1. The van der Waals surface area contributed by atoms with Gasteiger partial charge in [-0.1, -0.05) is 0 Å². The van der Waals surface area contributed by atoms with E-state index < -0.39 is 0 Å². The standard InChI is InChI=1S/C13H19N3OS2/c17-12(7-9-2-5-18-6-3-9)16-13-15-10-1-4-14-8-11(10)19-13/h9,14H,1-8H2,(H,15,16,17). The number of rotatable bonds is 3. The molecule has 0 radical (unpaired) electrons. The van der Waals surface area contributed by atoms with E-state index in [1.807, 2.05) is 11.8 Å². The molecule has 104 valence electrons. The maximum Gasteiger partial charge on any atom is 0.226 e. The first-order chi connectivity index (χ1) is 9.31. The molecule has 1 fully saturated rings. The molecule has 3 heterocycles. The van der Waals surface area contributed by atoms with E-state index in [1.54, 1.807) is 11.3 Å². The zero-order chi connectivity index (χ0) is 13.1. The number of nitrogens with zero attached hydrogens (tertiary/aromatic N) is 1. The minimum absolute atomic E-state index is 0.135. The summed E-state index contributed by atoms with van der Waals surface area (Å²) in [5.74, 6) is 3.11. The van der Waals surface area contributed by atoms with Gasteiger partial charge in [-0.3, -0.25) is 4.79 Å². The van der Waals surface area contributed by atoms with Crippen LogP contribution in [0, 0.1) is 5.92 Å². The topological polar surface area (TPSA) is 54.0 Å². The van der Waals surface area contributed by atoms with E-state index in [9.17, 15) is 4.79 Å². The van der Waals surface area contributed by atoms with Crippen LogP contribution in [0.5, 0.6) is 0 Å². The van der Waals surface area contributed by atoms with Crippen molar-refractivity contribution in [3.8, 4) is 0 Å². The summed E-state index contributed by atoms with van der Waals surface area (Å²) in [6.07, 6.45) is 3.98. The molecule has 0 spiro atoms. The van der Waals surface area contributed by atoms with Crippen molar-refractivity contribution in [1.82, 2.24) is 10.3 Å². The lowest BCUT2D eigenvalue weighted by Crippen LogP contribution is -2.22. The molecule has 1 aromatic heterocycles. The lowest BCUT2D eigenvalue weighted by Gasteiger charge is -2.20. The van der Waals surface area contributed by atoms with Crippen LogP contribution < -0.4 is 10.6 Å². The minimum Gasteiger partial charge on any atom is -0.311 e. The molecule has 0 saturated carbocycles. The number of aromatic nitrogens is 1. The van der Waals surface area contributed by atoms with Gasteiger partial charge in [-0.2, -0.15) is 11.8 Å². The number of amides is 1. The first kappa shape index (κ1) is 13.4. The zero-order valence-electron chi connectivity index (χ0n) is 10.9. The molecule has 0 bridgehead atoms. The third kappa shape index (κ3) is 3.49. The van der Waals surface area contributed by atoms with E-state index in [0.717, 1.165) is 30.3 Å². The monoisotopic (exact) mass is 297 g/mol. The Kier molecular flexibility index (Phi) is 4.40. The second-order valence-corrected chi connectivity index (χ2v) is 7.43. The zero-order valence-corrected chi connectivity index (χ0v) is 12.5. The van der Waals surface area contributed by atoms with Crippen LogP contribution in [-0.4, -0.2) is 28.9 Å². The number of hydrogen-bond acceptors (Lipinski definition) is 5. The van der Waals surface area contributed by atoms with Gasteiger partial charge in [0.05, 0.1) is 5.69 Å². The molecular weight excluding hydrogens is 278 g/mol. The summed E-state index contributed by atoms with van der Waals surface area (Å²) >= 11 is 3.61. The molecule has 4 nitrogen and oxygen atoms in total. The van der Waals surface area contributed by atoms with Crippen LogP contribution >= 0.6 is 23.1 Å². The molecule has 19 heavy (non-hydrogen) atoms. The molecule has 2 aliphatic rings. The molecule has 1 amide bonds. The van der Waals surface area contributed by atoms with E-state index in [1.165, 1.54) is 29.2 Å². The second kappa shape index (κ2) is 6.24. The van der Waals surface area contributed by atoms with Gasteiger partial charge in [0, 0.05) is 30.8 Å². The first-order valence-corrected chi connectivity index (χ1v) is 8.85. The summed E-state index contributed by atoms with van der Waals surface area (Å²) in [5.41, 5.74) is 1.16. The lowest BCUT2D eigenvalue weighted by molar-refractivity contribution is -0.117. The lowest BCUT2D eigenvalue weighted by atomic mass is 9.99. The van der Waals surface area contributed by atoms with Crippen LogP contribution in [0.4, 0.5) is 5.13 Å². The van der Waals surface area contributed by atoms with Crippen LogP contribution in [0.3, 0.4) is 0 Å². The number of thioether (sulfide) groups is 1. The van der Waals surface area contributed by atoms with Gasteiger partial charge in [0.1, 0.15) is 0 Å². The highest BCUT2D eigenvalue weighted by atomic mass is 32.2. The number of fused-ring (bicyclic) bond motifs is 1. The third-order valence-electron chi connectivity index (χ3n) is 3.66. The second-order valence-electron chi connectivity index (χ2n) is 5.12. The van der Waals surface area contributed by atoms with Crippen LogP contribution in [-0.2, 0) is 17.8 Å². The summed E-state index contributed by atoms with van der Waals surface area (Å²) < 4.78 is 0. The van der Waals surface area contributed by atoms with Crippen LogP contribution in [0.15, 0.2) is 0 Å². The van der Waals surface area contributed by atoms with Crippen molar-refractivity contribution in [2.24, 2.45) is 5.92 Å². The predicted octanol–water partition coefficient (Wildman–Crippen LogP) is 2.26. The average Bonchev–Trinajstić information content (AvgIpc) is 2.81. The molecule has 1 saturated heterocycles. The van der Waals surface area contributed by atoms with E-state index in [2.05, 4.69) is 15.6 Å². The van der Waals surface area contributed by atoms with Crippen LogP contribution in [0.1, 0.15) is 29.8 Å². The van der Waals surface area contributed by atoms with Gasteiger partial charge < -0.3 is 10.6 Å². The Morgan fingerprint density at radius 1 is 1.42 bits per heavy atom. The van der Waals surface area contributed by atoms with Crippen molar-refractivity contribution in [3.63, 3.8) is 0 Å². The summed E-state index contributed by atoms with van der Waals surface area (Å²) in [7, 11) is 0. The van der Waals surface area contributed by atoms with Crippen LogP contribution in [0.25, 0.3) is 0 Å². The Labute approximate surface area is 121 Å². The van der Waals surface area contributed by atoms with E-state index in [4.69, 9.17) is 0 Å². The van der Waals surface area contributed by atoms with Crippen molar-refractivity contribution >= 4 is 34.1 Å². The SMILES string of the molecule is O=C(CC1CCSCC1)Nc1nc2c(s1)CNCC2. The molecule has 0 aliphatic carbocycles. The highest BCUT2D eigenvalue weighted by molar-refractivity contribution is 7.99. The quantitative estimate of drug-likeness (QED) is 0.898. The molecule has 1 aromatic rings. The van der Waals surface area contributed by atoms with Crippen molar-refractivity contribution in [2.75, 3.05) is 23.4 Å². The van der Waals surface area contributed by atoms with Gasteiger partial charge in [-0.25, -0.2) is 4.98 Å². The fraction of sp³-hybridized carbons (Fsp3) is 0.692. The van der Waals surface area contributed by atoms with Gasteiger partial charge in [0.25, 0.3) is 0 Å². The fourth-order valence-electron chi connectivity index (χ4n) is 2.56. The van der Waals surface area contributed by atoms with Gasteiger partial charge >= 0.3 is 0 Å². The summed E-state index contributed by atoms with van der Waals surface area (Å²) in [6, 6.07) is 0.